The van der Waals surface area contributed by atoms with E-state index in [1.54, 1.807) is 6.07 Å². The van der Waals surface area contributed by atoms with Gasteiger partial charge < -0.3 is 10.1 Å². The van der Waals surface area contributed by atoms with Gasteiger partial charge in [0.1, 0.15) is 12.4 Å². The number of carbonyl (C=O) groups excluding carboxylic acids is 1. The predicted molar refractivity (Wildman–Crippen MR) is 101 cm³/mol. The van der Waals surface area contributed by atoms with Gasteiger partial charge in [-0.3, -0.25) is 4.79 Å². The van der Waals surface area contributed by atoms with E-state index in [0.717, 1.165) is 12.1 Å². The molecule has 1 aliphatic carbocycles. The van der Waals surface area contributed by atoms with Crippen LogP contribution in [0.3, 0.4) is 0 Å². The Balaban J connectivity index is 1.53. The van der Waals surface area contributed by atoms with Crippen LogP contribution in [0.1, 0.15) is 48.0 Å². The lowest BCUT2D eigenvalue weighted by Gasteiger charge is -2.21. The molecule has 0 bridgehead atoms. The lowest BCUT2D eigenvalue weighted by molar-refractivity contribution is 0.0943. The van der Waals surface area contributed by atoms with E-state index < -0.39 is 0 Å². The van der Waals surface area contributed by atoms with E-state index in [2.05, 4.69) is 5.32 Å². The average molecular weight is 358 g/mol. The van der Waals surface area contributed by atoms with Crippen LogP contribution in [0.4, 0.5) is 0 Å². The van der Waals surface area contributed by atoms with Gasteiger partial charge in [0.25, 0.3) is 5.91 Å². The maximum atomic E-state index is 12.4. The Hall–Kier alpha value is -2.00. The summed E-state index contributed by atoms with van der Waals surface area (Å²) < 4.78 is 5.79. The molecule has 25 heavy (non-hydrogen) atoms. The van der Waals surface area contributed by atoms with Crippen LogP contribution in [0.5, 0.6) is 5.75 Å². The molecule has 1 saturated carbocycles. The minimum atomic E-state index is -0.0254. The molecule has 3 rings (SSSR count). The maximum absolute atomic E-state index is 12.4. The standard InChI is InChI=1S/C21H24ClNO2/c22-19-11-9-17(10-12-19)15-25-20-8-4-7-18(13-20)21(24)23-14-16-5-2-1-3-6-16/h4,7-13,16H,1-3,5-6,14-15H2,(H,23,24). The summed E-state index contributed by atoms with van der Waals surface area (Å²) in [6, 6.07) is 14.9. The highest BCUT2D eigenvalue weighted by Crippen LogP contribution is 2.23. The van der Waals surface area contributed by atoms with Crippen LogP contribution in [0.2, 0.25) is 5.02 Å². The molecule has 1 aliphatic rings. The largest absolute Gasteiger partial charge is 0.489 e. The van der Waals surface area contributed by atoms with Gasteiger partial charge in [0.15, 0.2) is 0 Å². The number of halogens is 1. The van der Waals surface area contributed by atoms with E-state index in [0.29, 0.717) is 28.9 Å². The fraction of sp³-hybridized carbons (Fsp3) is 0.381. The molecule has 0 radical (unpaired) electrons. The summed E-state index contributed by atoms with van der Waals surface area (Å²) in [6.45, 7) is 1.22. The first kappa shape index (κ1) is 17.8. The van der Waals surface area contributed by atoms with Crippen LogP contribution in [0.15, 0.2) is 48.5 Å². The molecule has 0 aliphatic heterocycles. The van der Waals surface area contributed by atoms with Crippen LogP contribution < -0.4 is 10.1 Å². The number of carbonyl (C=O) groups is 1. The molecular formula is C21H24ClNO2. The van der Waals surface area contributed by atoms with Crippen LogP contribution >= 0.6 is 11.6 Å². The van der Waals surface area contributed by atoms with E-state index >= 15 is 0 Å². The van der Waals surface area contributed by atoms with Crippen LogP contribution in [-0.2, 0) is 6.61 Å². The van der Waals surface area contributed by atoms with Crippen molar-refractivity contribution >= 4 is 17.5 Å². The van der Waals surface area contributed by atoms with Gasteiger partial charge in [-0.2, -0.15) is 0 Å². The third kappa shape index (κ3) is 5.50. The molecule has 0 heterocycles. The predicted octanol–water partition coefficient (Wildman–Crippen LogP) is 5.23. The first-order chi connectivity index (χ1) is 12.2. The molecule has 2 aromatic rings. The first-order valence-electron chi connectivity index (χ1n) is 8.96. The highest BCUT2D eigenvalue weighted by Gasteiger charge is 2.15. The Morgan fingerprint density at radius 2 is 1.84 bits per heavy atom. The van der Waals surface area contributed by atoms with Crippen molar-refractivity contribution < 1.29 is 9.53 Å². The Morgan fingerprint density at radius 3 is 2.60 bits per heavy atom. The molecule has 0 saturated heterocycles. The zero-order valence-corrected chi connectivity index (χ0v) is 15.1. The number of hydrogen-bond acceptors (Lipinski definition) is 2. The second-order valence-electron chi connectivity index (χ2n) is 6.66. The number of amides is 1. The fourth-order valence-electron chi connectivity index (χ4n) is 3.20. The van der Waals surface area contributed by atoms with Gasteiger partial charge in [-0.05, 0) is 54.7 Å². The molecule has 0 aromatic heterocycles. The first-order valence-corrected chi connectivity index (χ1v) is 9.34. The lowest BCUT2D eigenvalue weighted by Crippen LogP contribution is -2.30. The van der Waals surface area contributed by atoms with Gasteiger partial charge in [0.2, 0.25) is 0 Å². The Bertz CT molecular complexity index is 693. The summed E-state index contributed by atoms with van der Waals surface area (Å²) in [5.41, 5.74) is 1.68. The summed E-state index contributed by atoms with van der Waals surface area (Å²) in [5.74, 6) is 1.30. The quantitative estimate of drug-likeness (QED) is 0.768. The zero-order chi connectivity index (χ0) is 17.5. The zero-order valence-electron chi connectivity index (χ0n) is 14.3. The molecule has 0 unspecified atom stereocenters. The highest BCUT2D eigenvalue weighted by atomic mass is 35.5. The van der Waals surface area contributed by atoms with Gasteiger partial charge in [-0.1, -0.05) is 49.1 Å². The van der Waals surface area contributed by atoms with Gasteiger partial charge >= 0.3 is 0 Å². The van der Waals surface area contributed by atoms with Crippen molar-refractivity contribution in [1.82, 2.24) is 5.32 Å². The molecule has 2 aromatic carbocycles. The van der Waals surface area contributed by atoms with Crippen molar-refractivity contribution in [3.8, 4) is 5.75 Å². The number of nitrogens with one attached hydrogen (secondary N) is 1. The number of rotatable bonds is 6. The third-order valence-corrected chi connectivity index (χ3v) is 4.94. The Kier molecular flexibility index (Phi) is 6.35. The summed E-state index contributed by atoms with van der Waals surface area (Å²) >= 11 is 5.88. The molecule has 0 spiro atoms. The minimum absolute atomic E-state index is 0.0254. The highest BCUT2D eigenvalue weighted by molar-refractivity contribution is 6.30. The SMILES string of the molecule is O=C(NCC1CCCCC1)c1cccc(OCc2ccc(Cl)cc2)c1. The van der Waals surface area contributed by atoms with E-state index in [1.807, 2.05) is 42.5 Å². The van der Waals surface area contributed by atoms with Crippen molar-refractivity contribution in [3.63, 3.8) is 0 Å². The third-order valence-electron chi connectivity index (χ3n) is 4.69. The number of hydrogen-bond donors (Lipinski definition) is 1. The van der Waals surface area contributed by atoms with E-state index in [1.165, 1.54) is 32.1 Å². The summed E-state index contributed by atoms with van der Waals surface area (Å²) in [5, 5.41) is 3.78. The second-order valence-corrected chi connectivity index (χ2v) is 7.09. The normalized spacial score (nSPS) is 14.9. The molecule has 132 valence electrons. The van der Waals surface area contributed by atoms with E-state index in [9.17, 15) is 4.79 Å². The molecule has 0 atom stereocenters. The molecular weight excluding hydrogens is 334 g/mol. The van der Waals surface area contributed by atoms with Gasteiger partial charge in [0, 0.05) is 17.1 Å². The summed E-state index contributed by atoms with van der Waals surface area (Å²) in [7, 11) is 0. The van der Waals surface area contributed by atoms with Crippen molar-refractivity contribution in [2.45, 2.75) is 38.7 Å². The average Bonchev–Trinajstić information content (AvgIpc) is 2.67. The Labute approximate surface area is 154 Å². The molecule has 1 N–H and O–H groups in total. The number of ether oxygens (including phenoxy) is 1. The maximum Gasteiger partial charge on any atom is 0.251 e. The van der Waals surface area contributed by atoms with Crippen LogP contribution in [0.25, 0.3) is 0 Å². The fourth-order valence-corrected chi connectivity index (χ4v) is 3.33. The molecule has 4 heteroatoms. The smallest absolute Gasteiger partial charge is 0.251 e. The van der Waals surface area contributed by atoms with Crippen LogP contribution in [-0.4, -0.2) is 12.5 Å². The molecule has 1 amide bonds. The van der Waals surface area contributed by atoms with Gasteiger partial charge in [-0.15, -0.1) is 0 Å². The van der Waals surface area contributed by atoms with E-state index in [-0.39, 0.29) is 5.91 Å². The number of benzene rings is 2. The van der Waals surface area contributed by atoms with Gasteiger partial charge in [0.05, 0.1) is 0 Å². The van der Waals surface area contributed by atoms with E-state index in [4.69, 9.17) is 16.3 Å². The van der Waals surface area contributed by atoms with Gasteiger partial charge in [-0.25, -0.2) is 0 Å². The molecule has 1 fully saturated rings. The summed E-state index contributed by atoms with van der Waals surface area (Å²) in [6.07, 6.45) is 6.36. The monoisotopic (exact) mass is 357 g/mol. The second kappa shape index (κ2) is 8.91. The summed E-state index contributed by atoms with van der Waals surface area (Å²) in [4.78, 5) is 12.4. The van der Waals surface area contributed by atoms with Crippen molar-refractivity contribution in [2.75, 3.05) is 6.54 Å². The van der Waals surface area contributed by atoms with Crippen LogP contribution in [0, 0.1) is 5.92 Å². The van der Waals surface area contributed by atoms with Crippen molar-refractivity contribution in [2.24, 2.45) is 5.92 Å². The van der Waals surface area contributed by atoms with Crippen molar-refractivity contribution in [1.29, 1.82) is 0 Å². The van der Waals surface area contributed by atoms with Crippen molar-refractivity contribution in [3.05, 3.63) is 64.7 Å². The molecule has 3 nitrogen and oxygen atoms in total. The Morgan fingerprint density at radius 1 is 1.08 bits per heavy atom. The lowest BCUT2D eigenvalue weighted by atomic mass is 9.89. The minimum Gasteiger partial charge on any atom is -0.489 e. The topological polar surface area (TPSA) is 38.3 Å².